The lowest BCUT2D eigenvalue weighted by Gasteiger charge is -2.12. The van der Waals surface area contributed by atoms with Gasteiger partial charge in [0.15, 0.2) is 16.1 Å². The van der Waals surface area contributed by atoms with Crippen LogP contribution in [0.5, 0.6) is 5.75 Å². The number of hydrogen-bond acceptors (Lipinski definition) is 10. The van der Waals surface area contributed by atoms with E-state index in [4.69, 9.17) is 4.74 Å². The Morgan fingerprint density at radius 3 is 2.60 bits per heavy atom. The van der Waals surface area contributed by atoms with E-state index in [9.17, 15) is 19.7 Å². The number of carbonyl (C=O) groups excluding carboxylic acids is 2. The minimum atomic E-state index is -0.523. The highest BCUT2D eigenvalue weighted by Gasteiger charge is 2.21. The van der Waals surface area contributed by atoms with Gasteiger partial charge < -0.3 is 15.4 Å². The monoisotopic (exact) mass is 603 g/mol. The number of nitrogens with zero attached hydrogens (tertiary/aromatic N) is 5. The molecule has 5 aromatic rings. The Kier molecular flexibility index (Phi) is 8.74. The molecule has 0 fully saturated rings. The molecule has 42 heavy (non-hydrogen) atoms. The number of aromatic nitrogens is 4. The fourth-order valence-electron chi connectivity index (χ4n) is 4.16. The number of nitrogens with one attached hydrogen (secondary N) is 2. The molecule has 0 spiro atoms. The molecule has 2 heterocycles. The first-order chi connectivity index (χ1) is 20.3. The lowest BCUT2D eigenvalue weighted by molar-refractivity contribution is -0.385. The molecular formula is C28H25N7O5S2. The maximum Gasteiger partial charge on any atom is 0.273 e. The molecule has 0 saturated heterocycles. The van der Waals surface area contributed by atoms with Crippen LogP contribution in [-0.2, 0) is 11.3 Å². The number of amides is 2. The average Bonchev–Trinajstić information content (AvgIpc) is 3.58. The first-order valence-electron chi connectivity index (χ1n) is 12.8. The van der Waals surface area contributed by atoms with Gasteiger partial charge in [0.2, 0.25) is 5.91 Å². The Hall–Kier alpha value is -4.82. The number of hydrogen-bond donors (Lipinski definition) is 2. The van der Waals surface area contributed by atoms with Crippen LogP contribution >= 0.6 is 23.1 Å². The number of carbonyl (C=O) groups is 2. The van der Waals surface area contributed by atoms with E-state index in [2.05, 4.69) is 25.8 Å². The number of ether oxygens (including phenoxy) is 1. The van der Waals surface area contributed by atoms with Gasteiger partial charge in [0.1, 0.15) is 5.75 Å². The average molecular weight is 604 g/mol. The van der Waals surface area contributed by atoms with Gasteiger partial charge in [0.25, 0.3) is 11.6 Å². The number of rotatable bonds is 11. The zero-order chi connectivity index (χ0) is 29.6. The molecular weight excluding hydrogens is 578 g/mol. The van der Waals surface area contributed by atoms with Gasteiger partial charge in [0.05, 0.1) is 34.0 Å². The molecule has 2 amide bonds. The van der Waals surface area contributed by atoms with Crippen molar-refractivity contribution in [2.45, 2.75) is 25.5 Å². The molecule has 0 saturated carbocycles. The zero-order valence-corrected chi connectivity index (χ0v) is 24.2. The van der Waals surface area contributed by atoms with Gasteiger partial charge in [-0.2, -0.15) is 0 Å². The molecule has 0 atom stereocenters. The molecule has 14 heteroatoms. The summed E-state index contributed by atoms with van der Waals surface area (Å²) in [6.07, 6.45) is 0. The molecule has 3 aromatic carbocycles. The Labute approximate surface area is 248 Å². The second-order valence-corrected chi connectivity index (χ2v) is 10.8. The lowest BCUT2D eigenvalue weighted by Crippen LogP contribution is -2.25. The van der Waals surface area contributed by atoms with E-state index in [0.717, 1.165) is 10.2 Å². The van der Waals surface area contributed by atoms with E-state index in [-0.39, 0.29) is 35.0 Å². The van der Waals surface area contributed by atoms with Gasteiger partial charge in [-0.05, 0) is 56.3 Å². The highest BCUT2D eigenvalue weighted by molar-refractivity contribution is 7.99. The van der Waals surface area contributed by atoms with Crippen molar-refractivity contribution in [2.24, 2.45) is 0 Å². The van der Waals surface area contributed by atoms with Crippen LogP contribution in [0, 0.1) is 17.0 Å². The van der Waals surface area contributed by atoms with Crippen LogP contribution in [0.15, 0.2) is 71.9 Å². The second kappa shape index (κ2) is 12.8. The van der Waals surface area contributed by atoms with Crippen molar-refractivity contribution < 1.29 is 19.2 Å². The van der Waals surface area contributed by atoms with Crippen molar-refractivity contribution in [2.75, 3.05) is 17.7 Å². The summed E-state index contributed by atoms with van der Waals surface area (Å²) in [5, 5.41) is 26.4. The third-order valence-electron chi connectivity index (χ3n) is 6.13. The molecule has 0 aliphatic heterocycles. The quantitative estimate of drug-likeness (QED) is 0.118. The minimum Gasteiger partial charge on any atom is -0.494 e. The SMILES string of the molecule is CCOc1ccc(-n2c(CNC(=O)c3cccc([N+](=O)[O-])c3C)nnc2SCC(=O)Nc2nc3ccccc3s2)cc1. The molecule has 0 unspecified atom stereocenters. The topological polar surface area (TPSA) is 154 Å². The molecule has 12 nitrogen and oxygen atoms in total. The summed E-state index contributed by atoms with van der Waals surface area (Å²) in [6.45, 7) is 3.93. The van der Waals surface area contributed by atoms with E-state index >= 15 is 0 Å². The fraction of sp³-hybridized carbons (Fsp3) is 0.179. The highest BCUT2D eigenvalue weighted by atomic mass is 32.2. The summed E-state index contributed by atoms with van der Waals surface area (Å²) in [6, 6.07) is 19.3. The summed E-state index contributed by atoms with van der Waals surface area (Å²) < 4.78 is 8.27. The van der Waals surface area contributed by atoms with Crippen molar-refractivity contribution >= 4 is 55.9 Å². The number of nitro benzene ring substituents is 1. The van der Waals surface area contributed by atoms with Crippen molar-refractivity contribution in [3.63, 3.8) is 0 Å². The standard InChI is InChI=1S/C28H25N7O5S2/c1-3-40-19-13-11-18(12-14-19)34-24(15-29-26(37)20-7-6-9-22(17(20)2)35(38)39)32-33-28(34)41-16-25(36)31-27-30-21-8-4-5-10-23(21)42-27/h4-14H,3,15-16H2,1-2H3,(H,29,37)(H,30,31,36). The second-order valence-electron chi connectivity index (χ2n) is 8.87. The first-order valence-corrected chi connectivity index (χ1v) is 14.6. The molecule has 5 rings (SSSR count). The summed E-state index contributed by atoms with van der Waals surface area (Å²) in [7, 11) is 0. The van der Waals surface area contributed by atoms with Crippen LogP contribution < -0.4 is 15.4 Å². The van der Waals surface area contributed by atoms with E-state index in [1.807, 2.05) is 55.5 Å². The zero-order valence-electron chi connectivity index (χ0n) is 22.6. The molecule has 2 N–H and O–H groups in total. The molecule has 0 aliphatic rings. The Balaban J connectivity index is 1.34. The highest BCUT2D eigenvalue weighted by Crippen LogP contribution is 2.27. The predicted molar refractivity (Wildman–Crippen MR) is 161 cm³/mol. The third-order valence-corrected chi connectivity index (χ3v) is 8.01. The minimum absolute atomic E-state index is 0.0142. The van der Waals surface area contributed by atoms with Gasteiger partial charge >= 0.3 is 0 Å². The molecule has 0 radical (unpaired) electrons. The maximum atomic E-state index is 13.0. The number of benzene rings is 3. The van der Waals surface area contributed by atoms with E-state index in [1.165, 1.54) is 48.2 Å². The van der Waals surface area contributed by atoms with Crippen molar-refractivity contribution in [3.05, 3.63) is 93.8 Å². The van der Waals surface area contributed by atoms with Crippen molar-refractivity contribution in [1.29, 1.82) is 0 Å². The maximum absolute atomic E-state index is 13.0. The normalized spacial score (nSPS) is 10.9. The smallest absolute Gasteiger partial charge is 0.273 e. The number of thiazole rings is 1. The molecule has 0 bridgehead atoms. The van der Waals surface area contributed by atoms with Gasteiger partial charge in [-0.1, -0.05) is 41.3 Å². The van der Waals surface area contributed by atoms with Crippen LogP contribution in [0.2, 0.25) is 0 Å². The van der Waals surface area contributed by atoms with E-state index < -0.39 is 10.8 Å². The summed E-state index contributed by atoms with van der Waals surface area (Å²) >= 11 is 2.58. The number of thioether (sulfide) groups is 1. The number of fused-ring (bicyclic) bond motifs is 1. The van der Waals surface area contributed by atoms with Crippen molar-refractivity contribution in [3.8, 4) is 11.4 Å². The van der Waals surface area contributed by atoms with Crippen LogP contribution in [0.4, 0.5) is 10.8 Å². The fourth-order valence-corrected chi connectivity index (χ4v) is 5.81. The van der Waals surface area contributed by atoms with Crippen LogP contribution in [0.1, 0.15) is 28.7 Å². The van der Waals surface area contributed by atoms with Gasteiger partial charge in [-0.15, -0.1) is 10.2 Å². The summed E-state index contributed by atoms with van der Waals surface area (Å²) in [4.78, 5) is 41.0. The lowest BCUT2D eigenvalue weighted by atomic mass is 10.1. The molecule has 2 aromatic heterocycles. The largest absolute Gasteiger partial charge is 0.494 e. The number of nitro groups is 1. The van der Waals surface area contributed by atoms with Crippen molar-refractivity contribution in [1.82, 2.24) is 25.1 Å². The summed E-state index contributed by atoms with van der Waals surface area (Å²) in [5.74, 6) is 0.405. The van der Waals surface area contributed by atoms with Crippen LogP contribution in [-0.4, -0.2) is 48.8 Å². The van der Waals surface area contributed by atoms with Gasteiger partial charge in [-0.3, -0.25) is 24.3 Å². The molecule has 214 valence electrons. The summed E-state index contributed by atoms with van der Waals surface area (Å²) in [5.41, 5.74) is 1.84. The van der Waals surface area contributed by atoms with E-state index in [1.54, 1.807) is 4.57 Å². The van der Waals surface area contributed by atoms with E-state index in [0.29, 0.717) is 34.2 Å². The van der Waals surface area contributed by atoms with Gasteiger partial charge in [-0.25, -0.2) is 4.98 Å². The van der Waals surface area contributed by atoms with Crippen LogP contribution in [0.25, 0.3) is 15.9 Å². The number of anilines is 1. The van der Waals surface area contributed by atoms with Gasteiger partial charge in [0, 0.05) is 22.9 Å². The Bertz CT molecular complexity index is 1740. The van der Waals surface area contributed by atoms with Crippen LogP contribution in [0.3, 0.4) is 0 Å². The number of para-hydroxylation sites is 1. The third kappa shape index (κ3) is 6.39. The first kappa shape index (κ1) is 28.7. The molecule has 0 aliphatic carbocycles. The Morgan fingerprint density at radius 2 is 1.86 bits per heavy atom. The predicted octanol–water partition coefficient (Wildman–Crippen LogP) is 5.15. The Morgan fingerprint density at radius 1 is 1.07 bits per heavy atom.